The van der Waals surface area contributed by atoms with Gasteiger partial charge in [0.2, 0.25) is 0 Å². The van der Waals surface area contributed by atoms with Gasteiger partial charge in [0.25, 0.3) is 5.78 Å². The molecule has 0 aliphatic rings. The standard InChI is InChI=1S/C11H13ClN8/c1-3-19-6-15-18-8(19)4-13-10-7(2)9(12)17-11-14-5-16-20(10)11/h5-6,13H,3-4H2,1-2H3. The van der Waals surface area contributed by atoms with Crippen molar-refractivity contribution < 1.29 is 0 Å². The van der Waals surface area contributed by atoms with Crippen LogP contribution in [0.2, 0.25) is 5.15 Å². The lowest BCUT2D eigenvalue weighted by Crippen LogP contribution is -2.12. The monoisotopic (exact) mass is 292 g/mol. The molecule has 0 amide bonds. The summed E-state index contributed by atoms with van der Waals surface area (Å²) >= 11 is 6.10. The summed E-state index contributed by atoms with van der Waals surface area (Å²) in [5.41, 5.74) is 0.812. The largest absolute Gasteiger partial charge is 0.362 e. The summed E-state index contributed by atoms with van der Waals surface area (Å²) in [6, 6.07) is 0. The van der Waals surface area contributed by atoms with Crippen LogP contribution in [-0.2, 0) is 13.1 Å². The molecule has 104 valence electrons. The minimum absolute atomic E-state index is 0.407. The number of aromatic nitrogens is 7. The van der Waals surface area contributed by atoms with Crippen LogP contribution in [0.1, 0.15) is 18.3 Å². The van der Waals surface area contributed by atoms with E-state index in [-0.39, 0.29) is 0 Å². The van der Waals surface area contributed by atoms with Gasteiger partial charge in [0.05, 0.1) is 6.54 Å². The average molecular weight is 293 g/mol. The number of halogens is 1. The van der Waals surface area contributed by atoms with Crippen LogP contribution in [0.5, 0.6) is 0 Å². The van der Waals surface area contributed by atoms with Crippen molar-refractivity contribution >= 4 is 23.2 Å². The van der Waals surface area contributed by atoms with E-state index in [0.29, 0.717) is 17.5 Å². The Hall–Kier alpha value is -2.22. The molecule has 0 spiro atoms. The first-order valence-electron chi connectivity index (χ1n) is 6.17. The maximum absolute atomic E-state index is 6.10. The maximum atomic E-state index is 6.10. The van der Waals surface area contributed by atoms with E-state index in [0.717, 1.165) is 23.8 Å². The van der Waals surface area contributed by atoms with Gasteiger partial charge in [-0.05, 0) is 13.8 Å². The van der Waals surface area contributed by atoms with Gasteiger partial charge in [-0.1, -0.05) is 11.6 Å². The van der Waals surface area contributed by atoms with Crippen molar-refractivity contribution in [3.05, 3.63) is 29.2 Å². The van der Waals surface area contributed by atoms with Crippen LogP contribution in [0, 0.1) is 6.92 Å². The lowest BCUT2D eigenvalue weighted by Gasteiger charge is -2.11. The van der Waals surface area contributed by atoms with Gasteiger partial charge in [-0.3, -0.25) is 0 Å². The van der Waals surface area contributed by atoms with E-state index in [1.807, 2.05) is 18.4 Å². The fourth-order valence-electron chi connectivity index (χ4n) is 1.95. The summed E-state index contributed by atoms with van der Waals surface area (Å²) < 4.78 is 3.58. The van der Waals surface area contributed by atoms with E-state index in [4.69, 9.17) is 11.6 Å². The molecule has 0 radical (unpaired) electrons. The SMILES string of the molecule is CCn1cnnc1CNc1c(C)c(Cl)nc2ncnn12. The van der Waals surface area contributed by atoms with E-state index in [2.05, 4.69) is 30.6 Å². The van der Waals surface area contributed by atoms with Crippen LogP contribution in [0.3, 0.4) is 0 Å². The lowest BCUT2D eigenvalue weighted by atomic mass is 10.3. The van der Waals surface area contributed by atoms with E-state index in [1.165, 1.54) is 6.33 Å². The molecule has 0 unspecified atom stereocenters. The van der Waals surface area contributed by atoms with Crippen LogP contribution in [0.15, 0.2) is 12.7 Å². The molecule has 1 N–H and O–H groups in total. The summed E-state index contributed by atoms with van der Waals surface area (Å²) in [6.45, 7) is 5.25. The highest BCUT2D eigenvalue weighted by Crippen LogP contribution is 2.22. The Morgan fingerprint density at radius 1 is 1.40 bits per heavy atom. The quantitative estimate of drug-likeness (QED) is 0.730. The van der Waals surface area contributed by atoms with Gasteiger partial charge in [0, 0.05) is 12.1 Å². The van der Waals surface area contributed by atoms with Crippen molar-refractivity contribution in [1.82, 2.24) is 34.3 Å². The normalized spacial score (nSPS) is 11.2. The highest BCUT2D eigenvalue weighted by atomic mass is 35.5. The van der Waals surface area contributed by atoms with Gasteiger partial charge in [0.15, 0.2) is 5.82 Å². The highest BCUT2D eigenvalue weighted by Gasteiger charge is 2.13. The highest BCUT2D eigenvalue weighted by molar-refractivity contribution is 6.30. The molecule has 0 bridgehead atoms. The molecule has 3 aromatic rings. The van der Waals surface area contributed by atoms with Crippen LogP contribution >= 0.6 is 11.6 Å². The van der Waals surface area contributed by atoms with E-state index in [9.17, 15) is 0 Å². The van der Waals surface area contributed by atoms with E-state index < -0.39 is 0 Å². The number of hydrogen-bond donors (Lipinski definition) is 1. The molecule has 0 saturated carbocycles. The minimum atomic E-state index is 0.407. The molecule has 3 rings (SSSR count). The summed E-state index contributed by atoms with van der Waals surface area (Å²) in [7, 11) is 0. The Bertz CT molecular complexity index is 746. The predicted octanol–water partition coefficient (Wildman–Crippen LogP) is 1.31. The molecule has 0 fully saturated rings. The Kier molecular flexibility index (Phi) is 3.23. The predicted molar refractivity (Wildman–Crippen MR) is 73.6 cm³/mol. The number of nitrogens with zero attached hydrogens (tertiary/aromatic N) is 7. The number of hydrogen-bond acceptors (Lipinski definition) is 6. The third-order valence-corrected chi connectivity index (χ3v) is 3.42. The van der Waals surface area contributed by atoms with Crippen molar-refractivity contribution in [3.8, 4) is 0 Å². The minimum Gasteiger partial charge on any atom is -0.362 e. The number of fused-ring (bicyclic) bond motifs is 1. The van der Waals surface area contributed by atoms with E-state index >= 15 is 0 Å². The fraction of sp³-hybridized carbons (Fsp3) is 0.364. The molecule has 8 nitrogen and oxygen atoms in total. The fourth-order valence-corrected chi connectivity index (χ4v) is 2.11. The van der Waals surface area contributed by atoms with Crippen molar-refractivity contribution in [2.75, 3.05) is 5.32 Å². The first-order valence-corrected chi connectivity index (χ1v) is 6.55. The second-order valence-corrected chi connectivity index (χ2v) is 4.59. The number of rotatable bonds is 4. The number of nitrogens with one attached hydrogen (secondary N) is 1. The molecule has 3 heterocycles. The lowest BCUT2D eigenvalue weighted by molar-refractivity contribution is 0.705. The second kappa shape index (κ2) is 5.04. The van der Waals surface area contributed by atoms with Gasteiger partial charge in [-0.15, -0.1) is 10.2 Å². The third-order valence-electron chi connectivity index (χ3n) is 3.05. The van der Waals surface area contributed by atoms with Gasteiger partial charge in [-0.25, -0.2) is 0 Å². The molecule has 9 heteroatoms. The van der Waals surface area contributed by atoms with Gasteiger partial charge >= 0.3 is 0 Å². The Morgan fingerprint density at radius 3 is 3.05 bits per heavy atom. The van der Waals surface area contributed by atoms with Crippen molar-refractivity contribution in [2.24, 2.45) is 0 Å². The Labute approximate surface area is 119 Å². The van der Waals surface area contributed by atoms with Crippen molar-refractivity contribution in [1.29, 1.82) is 0 Å². The molecule has 0 aromatic carbocycles. The summed E-state index contributed by atoms with van der Waals surface area (Å²) in [5, 5.41) is 15.8. The van der Waals surface area contributed by atoms with Crippen LogP contribution in [0.4, 0.5) is 5.82 Å². The molecule has 0 aliphatic carbocycles. The van der Waals surface area contributed by atoms with E-state index in [1.54, 1.807) is 10.8 Å². The van der Waals surface area contributed by atoms with Crippen LogP contribution in [-0.4, -0.2) is 34.3 Å². The number of aryl methyl sites for hydroxylation is 1. The van der Waals surface area contributed by atoms with Crippen LogP contribution in [0.25, 0.3) is 5.78 Å². The molecule has 0 saturated heterocycles. The van der Waals surface area contributed by atoms with Crippen molar-refractivity contribution in [3.63, 3.8) is 0 Å². The number of anilines is 1. The molecular weight excluding hydrogens is 280 g/mol. The third kappa shape index (κ3) is 2.07. The second-order valence-electron chi connectivity index (χ2n) is 4.23. The molecule has 0 aliphatic heterocycles. The van der Waals surface area contributed by atoms with Gasteiger partial charge < -0.3 is 9.88 Å². The molecule has 0 atom stereocenters. The molecule has 3 aromatic heterocycles. The first kappa shape index (κ1) is 12.8. The Balaban J connectivity index is 1.94. The smallest absolute Gasteiger partial charge is 0.255 e. The Morgan fingerprint density at radius 2 is 2.25 bits per heavy atom. The summed E-state index contributed by atoms with van der Waals surface area (Å²) in [4.78, 5) is 8.20. The zero-order chi connectivity index (χ0) is 14.1. The summed E-state index contributed by atoms with van der Waals surface area (Å²) in [6.07, 6.45) is 3.15. The summed E-state index contributed by atoms with van der Waals surface area (Å²) in [5.74, 6) is 2.05. The molecule has 20 heavy (non-hydrogen) atoms. The first-order chi connectivity index (χ1) is 9.70. The van der Waals surface area contributed by atoms with Crippen LogP contribution < -0.4 is 5.32 Å². The zero-order valence-electron chi connectivity index (χ0n) is 11.1. The maximum Gasteiger partial charge on any atom is 0.255 e. The average Bonchev–Trinajstić information content (AvgIpc) is 3.07. The van der Waals surface area contributed by atoms with Gasteiger partial charge in [0.1, 0.15) is 23.6 Å². The molecular formula is C11H13ClN8. The topological polar surface area (TPSA) is 85.8 Å². The zero-order valence-corrected chi connectivity index (χ0v) is 11.8. The van der Waals surface area contributed by atoms with Gasteiger partial charge in [-0.2, -0.15) is 19.6 Å². The van der Waals surface area contributed by atoms with Crippen molar-refractivity contribution in [2.45, 2.75) is 26.9 Å².